The molecule has 0 radical (unpaired) electrons. The van der Waals surface area contributed by atoms with E-state index in [4.69, 9.17) is 11.6 Å². The molecular formula is C16H26ClN. The Kier molecular flexibility index (Phi) is 6.56. The molecule has 0 aromatic heterocycles. The van der Waals surface area contributed by atoms with Crippen molar-refractivity contribution in [2.24, 2.45) is 0 Å². The molecule has 0 aliphatic rings. The number of alkyl halides is 1. The van der Waals surface area contributed by atoms with Gasteiger partial charge in [-0.1, -0.05) is 32.4 Å². The molecule has 1 aromatic carbocycles. The van der Waals surface area contributed by atoms with Crippen molar-refractivity contribution >= 4 is 17.3 Å². The lowest BCUT2D eigenvalue weighted by atomic mass is 10.1. The molecule has 0 aliphatic carbocycles. The summed E-state index contributed by atoms with van der Waals surface area (Å²) < 4.78 is 0. The molecule has 1 atom stereocenters. The predicted molar refractivity (Wildman–Crippen MR) is 82.7 cm³/mol. The topological polar surface area (TPSA) is 3.24 Å². The molecule has 0 spiro atoms. The van der Waals surface area contributed by atoms with Crippen LogP contribution in [-0.4, -0.2) is 12.6 Å². The summed E-state index contributed by atoms with van der Waals surface area (Å²) in [5.74, 6) is 0.597. The van der Waals surface area contributed by atoms with E-state index in [2.05, 4.69) is 50.8 Å². The van der Waals surface area contributed by atoms with E-state index in [0.717, 1.165) is 6.54 Å². The number of nitrogens with zero attached hydrogens (tertiary/aromatic N) is 1. The number of hydrogen-bond donors (Lipinski definition) is 0. The number of anilines is 1. The molecule has 2 heteroatoms. The van der Waals surface area contributed by atoms with Crippen LogP contribution < -0.4 is 4.90 Å². The fraction of sp³-hybridized carbons (Fsp3) is 0.625. The van der Waals surface area contributed by atoms with Crippen LogP contribution in [0, 0.1) is 6.92 Å². The third-order valence-corrected chi connectivity index (χ3v) is 3.91. The molecule has 102 valence electrons. The highest BCUT2D eigenvalue weighted by atomic mass is 35.5. The quantitative estimate of drug-likeness (QED) is 0.619. The lowest BCUT2D eigenvalue weighted by Gasteiger charge is -2.32. The molecular weight excluding hydrogens is 242 g/mol. The Morgan fingerprint density at radius 1 is 1.28 bits per heavy atom. The molecule has 1 rings (SSSR count). The highest BCUT2D eigenvalue weighted by Crippen LogP contribution is 2.25. The number of rotatable bonds is 7. The fourth-order valence-electron chi connectivity index (χ4n) is 2.25. The second-order valence-electron chi connectivity index (χ2n) is 5.06. The van der Waals surface area contributed by atoms with Gasteiger partial charge in [0.25, 0.3) is 0 Å². The number of aryl methyl sites for hydroxylation is 1. The largest absolute Gasteiger partial charge is 0.369 e. The highest BCUT2D eigenvalue weighted by Gasteiger charge is 2.14. The number of benzene rings is 1. The van der Waals surface area contributed by atoms with Crippen molar-refractivity contribution in [1.29, 1.82) is 0 Å². The number of unbranched alkanes of at least 4 members (excludes halogenated alkanes) is 1. The minimum Gasteiger partial charge on any atom is -0.369 e. The van der Waals surface area contributed by atoms with E-state index < -0.39 is 0 Å². The number of halogens is 1. The molecule has 0 amide bonds. The summed E-state index contributed by atoms with van der Waals surface area (Å²) in [6.45, 7) is 10.1. The van der Waals surface area contributed by atoms with Gasteiger partial charge in [0.05, 0.1) is 0 Å². The molecule has 0 heterocycles. The first kappa shape index (κ1) is 15.4. The van der Waals surface area contributed by atoms with Crippen molar-refractivity contribution in [3.63, 3.8) is 0 Å². The first-order chi connectivity index (χ1) is 8.63. The van der Waals surface area contributed by atoms with Crippen molar-refractivity contribution in [3.8, 4) is 0 Å². The van der Waals surface area contributed by atoms with E-state index >= 15 is 0 Å². The van der Waals surface area contributed by atoms with Gasteiger partial charge in [0.15, 0.2) is 0 Å². The maximum Gasteiger partial charge on any atom is 0.0474 e. The van der Waals surface area contributed by atoms with E-state index in [0.29, 0.717) is 11.9 Å². The van der Waals surface area contributed by atoms with E-state index in [1.165, 1.54) is 36.1 Å². The van der Waals surface area contributed by atoms with Crippen LogP contribution in [0.1, 0.15) is 51.2 Å². The third-order valence-electron chi connectivity index (χ3n) is 3.60. The van der Waals surface area contributed by atoms with Gasteiger partial charge in [0.1, 0.15) is 0 Å². The van der Waals surface area contributed by atoms with Crippen LogP contribution in [0.3, 0.4) is 0 Å². The van der Waals surface area contributed by atoms with Crippen LogP contribution in [0.15, 0.2) is 18.2 Å². The molecule has 1 unspecified atom stereocenters. The van der Waals surface area contributed by atoms with Crippen molar-refractivity contribution in [1.82, 2.24) is 0 Å². The van der Waals surface area contributed by atoms with E-state index in [-0.39, 0.29) is 0 Å². The smallest absolute Gasteiger partial charge is 0.0474 e. The second kappa shape index (κ2) is 7.68. The second-order valence-corrected chi connectivity index (χ2v) is 5.33. The van der Waals surface area contributed by atoms with Gasteiger partial charge < -0.3 is 4.90 Å². The van der Waals surface area contributed by atoms with Gasteiger partial charge in [-0.15, -0.1) is 11.6 Å². The Bertz CT molecular complexity index is 362. The van der Waals surface area contributed by atoms with Gasteiger partial charge in [0, 0.05) is 24.2 Å². The Labute approximate surface area is 117 Å². The summed E-state index contributed by atoms with van der Waals surface area (Å²) in [7, 11) is 0. The summed E-state index contributed by atoms with van der Waals surface area (Å²) in [6, 6.07) is 7.19. The van der Waals surface area contributed by atoms with Gasteiger partial charge in [-0.3, -0.25) is 0 Å². The predicted octanol–water partition coefficient (Wildman–Crippen LogP) is 5.14. The van der Waals surface area contributed by atoms with Crippen molar-refractivity contribution < 1.29 is 0 Å². The van der Waals surface area contributed by atoms with Crippen molar-refractivity contribution in [2.45, 2.75) is 58.9 Å². The SMILES string of the molecule is CCCCN(c1ccc(CCl)cc1C)C(C)CC. The van der Waals surface area contributed by atoms with Crippen LogP contribution in [0.25, 0.3) is 0 Å². The summed E-state index contributed by atoms with van der Waals surface area (Å²) in [5, 5.41) is 0. The van der Waals surface area contributed by atoms with Gasteiger partial charge in [-0.2, -0.15) is 0 Å². The summed E-state index contributed by atoms with van der Waals surface area (Å²) in [4.78, 5) is 2.54. The zero-order chi connectivity index (χ0) is 13.5. The minimum absolute atomic E-state index is 0.595. The Balaban J connectivity index is 2.96. The third kappa shape index (κ3) is 3.91. The first-order valence-corrected chi connectivity index (χ1v) is 7.59. The molecule has 0 N–H and O–H groups in total. The van der Waals surface area contributed by atoms with Crippen LogP contribution >= 0.6 is 11.6 Å². The Hall–Kier alpha value is -0.690. The first-order valence-electron chi connectivity index (χ1n) is 7.06. The Morgan fingerprint density at radius 2 is 2.00 bits per heavy atom. The van der Waals surface area contributed by atoms with E-state index in [1.807, 2.05) is 0 Å². The van der Waals surface area contributed by atoms with Gasteiger partial charge in [0.2, 0.25) is 0 Å². The average molecular weight is 268 g/mol. The Morgan fingerprint density at radius 3 is 2.50 bits per heavy atom. The van der Waals surface area contributed by atoms with Gasteiger partial charge in [-0.05, 0) is 43.9 Å². The lowest BCUT2D eigenvalue weighted by Crippen LogP contribution is -2.34. The zero-order valence-corrected chi connectivity index (χ0v) is 12.9. The van der Waals surface area contributed by atoms with Crippen LogP contribution in [0.4, 0.5) is 5.69 Å². The normalized spacial score (nSPS) is 12.5. The average Bonchev–Trinajstić information content (AvgIpc) is 2.39. The van der Waals surface area contributed by atoms with Gasteiger partial charge in [-0.25, -0.2) is 0 Å². The van der Waals surface area contributed by atoms with Crippen molar-refractivity contribution in [2.75, 3.05) is 11.4 Å². The highest BCUT2D eigenvalue weighted by molar-refractivity contribution is 6.17. The number of hydrogen-bond acceptors (Lipinski definition) is 1. The van der Waals surface area contributed by atoms with Crippen LogP contribution in [0.2, 0.25) is 0 Å². The molecule has 0 aliphatic heterocycles. The molecule has 0 bridgehead atoms. The van der Waals surface area contributed by atoms with Crippen LogP contribution in [0.5, 0.6) is 0 Å². The maximum atomic E-state index is 5.89. The lowest BCUT2D eigenvalue weighted by molar-refractivity contribution is 0.594. The zero-order valence-electron chi connectivity index (χ0n) is 12.2. The van der Waals surface area contributed by atoms with Crippen LogP contribution in [-0.2, 0) is 5.88 Å². The molecule has 18 heavy (non-hydrogen) atoms. The van der Waals surface area contributed by atoms with Gasteiger partial charge >= 0.3 is 0 Å². The summed E-state index contributed by atoms with van der Waals surface area (Å²) in [5.41, 5.74) is 3.91. The molecule has 0 fully saturated rings. The summed E-state index contributed by atoms with van der Waals surface area (Å²) >= 11 is 5.89. The molecule has 1 aromatic rings. The van der Waals surface area contributed by atoms with E-state index in [9.17, 15) is 0 Å². The molecule has 0 saturated heterocycles. The standard InChI is InChI=1S/C16H26ClN/c1-5-7-10-18(14(4)6-2)16-9-8-15(12-17)11-13(16)3/h8-9,11,14H,5-7,10,12H2,1-4H3. The molecule has 0 saturated carbocycles. The monoisotopic (exact) mass is 267 g/mol. The minimum atomic E-state index is 0.595. The summed E-state index contributed by atoms with van der Waals surface area (Å²) in [6.07, 6.45) is 3.67. The fourth-order valence-corrected chi connectivity index (χ4v) is 2.42. The molecule has 1 nitrogen and oxygen atoms in total. The van der Waals surface area contributed by atoms with Crippen molar-refractivity contribution in [3.05, 3.63) is 29.3 Å². The van der Waals surface area contributed by atoms with E-state index in [1.54, 1.807) is 0 Å². The maximum absolute atomic E-state index is 5.89.